The molecule has 100 valence electrons. The summed E-state index contributed by atoms with van der Waals surface area (Å²) in [6.45, 7) is 2.23. The highest BCUT2D eigenvalue weighted by Crippen LogP contribution is 2.10. The van der Waals surface area contributed by atoms with Crippen molar-refractivity contribution in [3.63, 3.8) is 0 Å². The zero-order valence-electron chi connectivity index (χ0n) is 10.2. The summed E-state index contributed by atoms with van der Waals surface area (Å²) in [6.07, 6.45) is 3.58. The van der Waals surface area contributed by atoms with Gasteiger partial charge in [0.2, 0.25) is 10.0 Å². The fraction of sp³-hybridized carbons (Fsp3) is 0.500. The minimum absolute atomic E-state index is 0.166. The van der Waals surface area contributed by atoms with E-state index in [1.165, 1.54) is 5.57 Å². The molecule has 1 aliphatic rings. The maximum atomic E-state index is 11.8. The van der Waals surface area contributed by atoms with Gasteiger partial charge >= 0.3 is 0 Å². The van der Waals surface area contributed by atoms with Crippen LogP contribution in [0, 0.1) is 0 Å². The maximum absolute atomic E-state index is 11.8. The van der Waals surface area contributed by atoms with Gasteiger partial charge in [0.15, 0.2) is 0 Å². The second kappa shape index (κ2) is 6.47. The Kier molecular flexibility index (Phi) is 4.94. The Labute approximate surface area is 112 Å². The molecule has 6 heteroatoms. The molecule has 0 saturated heterocycles. The molecule has 0 aliphatic carbocycles. The van der Waals surface area contributed by atoms with E-state index >= 15 is 0 Å². The van der Waals surface area contributed by atoms with Crippen molar-refractivity contribution in [2.24, 2.45) is 0 Å². The van der Waals surface area contributed by atoms with E-state index in [4.69, 9.17) is 0 Å². The quantitative estimate of drug-likeness (QED) is 0.771. The predicted molar refractivity (Wildman–Crippen MR) is 75.4 cm³/mol. The molecule has 0 unspecified atom stereocenters. The first-order chi connectivity index (χ1) is 8.66. The van der Waals surface area contributed by atoms with Crippen LogP contribution in [0.3, 0.4) is 0 Å². The first kappa shape index (κ1) is 13.7. The van der Waals surface area contributed by atoms with Crippen molar-refractivity contribution in [3.05, 3.63) is 34.0 Å². The molecule has 18 heavy (non-hydrogen) atoms. The molecule has 2 rings (SSSR count). The first-order valence-electron chi connectivity index (χ1n) is 6.04. The highest BCUT2D eigenvalue weighted by molar-refractivity contribution is 7.89. The van der Waals surface area contributed by atoms with Crippen LogP contribution in [-0.4, -0.2) is 33.8 Å². The van der Waals surface area contributed by atoms with E-state index in [9.17, 15) is 8.42 Å². The van der Waals surface area contributed by atoms with Crippen LogP contribution in [0.4, 0.5) is 0 Å². The van der Waals surface area contributed by atoms with Crippen molar-refractivity contribution >= 4 is 21.4 Å². The summed E-state index contributed by atoms with van der Waals surface area (Å²) in [7, 11) is -3.16. The molecular weight excluding hydrogens is 268 g/mol. The van der Waals surface area contributed by atoms with Crippen molar-refractivity contribution in [1.29, 1.82) is 0 Å². The number of hydrogen-bond acceptors (Lipinski definition) is 4. The Morgan fingerprint density at radius 2 is 2.33 bits per heavy atom. The van der Waals surface area contributed by atoms with E-state index in [0.29, 0.717) is 13.0 Å². The van der Waals surface area contributed by atoms with Crippen LogP contribution in [0.15, 0.2) is 29.2 Å². The summed E-state index contributed by atoms with van der Waals surface area (Å²) in [4.78, 5) is 1.11. The van der Waals surface area contributed by atoms with Gasteiger partial charge in [-0.15, -0.1) is 11.3 Å². The minimum atomic E-state index is -3.16. The van der Waals surface area contributed by atoms with Gasteiger partial charge in [-0.3, -0.25) is 0 Å². The second-order valence-corrected chi connectivity index (χ2v) is 7.24. The largest absolute Gasteiger partial charge is 0.313 e. The summed E-state index contributed by atoms with van der Waals surface area (Å²) in [6, 6.07) is 3.91. The van der Waals surface area contributed by atoms with E-state index in [0.717, 1.165) is 24.4 Å². The van der Waals surface area contributed by atoms with E-state index in [2.05, 4.69) is 16.1 Å². The molecule has 0 saturated carbocycles. The smallest absolute Gasteiger partial charge is 0.212 e. The van der Waals surface area contributed by atoms with Gasteiger partial charge in [-0.25, -0.2) is 13.1 Å². The maximum Gasteiger partial charge on any atom is 0.212 e. The van der Waals surface area contributed by atoms with Crippen molar-refractivity contribution < 1.29 is 8.42 Å². The standard InChI is InChI=1S/C12H18N2O2S2/c15-18(16,9-5-12-2-1-8-17-12)14-10-11-3-6-13-7-4-11/h1-3,8,13-14H,4-7,9-10H2. The zero-order chi connectivity index (χ0) is 12.8. The molecule has 4 nitrogen and oxygen atoms in total. The van der Waals surface area contributed by atoms with Crippen LogP contribution in [0.1, 0.15) is 11.3 Å². The molecule has 0 radical (unpaired) electrons. The number of nitrogens with one attached hydrogen (secondary N) is 2. The van der Waals surface area contributed by atoms with E-state index < -0.39 is 10.0 Å². The number of thiophene rings is 1. The molecular formula is C12H18N2O2S2. The monoisotopic (exact) mass is 286 g/mol. The van der Waals surface area contributed by atoms with Crippen LogP contribution < -0.4 is 10.0 Å². The fourth-order valence-corrected chi connectivity index (χ4v) is 3.67. The lowest BCUT2D eigenvalue weighted by Gasteiger charge is -2.14. The summed E-state index contributed by atoms with van der Waals surface area (Å²) in [5.74, 6) is 0.166. The Bertz CT molecular complexity index is 492. The predicted octanol–water partition coefficient (Wildman–Crippen LogP) is 1.13. The lowest BCUT2D eigenvalue weighted by molar-refractivity contribution is 0.581. The number of sulfonamides is 1. The van der Waals surface area contributed by atoms with Gasteiger partial charge in [0, 0.05) is 18.0 Å². The molecule has 0 spiro atoms. The SMILES string of the molecule is O=S(=O)(CCc1cccs1)NCC1=CCNCC1. The lowest BCUT2D eigenvalue weighted by atomic mass is 10.1. The molecule has 0 bridgehead atoms. The first-order valence-corrected chi connectivity index (χ1v) is 8.57. The third-order valence-electron chi connectivity index (χ3n) is 2.87. The van der Waals surface area contributed by atoms with Crippen molar-refractivity contribution in [1.82, 2.24) is 10.0 Å². The van der Waals surface area contributed by atoms with Gasteiger partial charge in [-0.1, -0.05) is 17.7 Å². The topological polar surface area (TPSA) is 58.2 Å². The van der Waals surface area contributed by atoms with Gasteiger partial charge in [-0.2, -0.15) is 0 Å². The van der Waals surface area contributed by atoms with Crippen molar-refractivity contribution in [2.75, 3.05) is 25.4 Å². The Morgan fingerprint density at radius 1 is 1.44 bits per heavy atom. The Balaban J connectivity index is 1.78. The van der Waals surface area contributed by atoms with Crippen LogP contribution in [0.25, 0.3) is 0 Å². The Hall–Kier alpha value is -0.690. The molecule has 0 aromatic carbocycles. The third-order valence-corrected chi connectivity index (χ3v) is 5.14. The van der Waals surface area contributed by atoms with Gasteiger partial charge in [0.25, 0.3) is 0 Å². The Morgan fingerprint density at radius 3 is 3.00 bits per heavy atom. The zero-order valence-corrected chi connectivity index (χ0v) is 11.8. The van der Waals surface area contributed by atoms with Crippen LogP contribution in [0.5, 0.6) is 0 Å². The average molecular weight is 286 g/mol. The lowest BCUT2D eigenvalue weighted by Crippen LogP contribution is -2.31. The molecule has 2 N–H and O–H groups in total. The van der Waals surface area contributed by atoms with Crippen molar-refractivity contribution in [3.8, 4) is 0 Å². The van der Waals surface area contributed by atoms with E-state index in [1.54, 1.807) is 11.3 Å². The van der Waals surface area contributed by atoms with E-state index in [1.807, 2.05) is 17.5 Å². The van der Waals surface area contributed by atoms with Crippen molar-refractivity contribution in [2.45, 2.75) is 12.8 Å². The van der Waals surface area contributed by atoms with Gasteiger partial charge in [0.1, 0.15) is 0 Å². The number of hydrogen-bond donors (Lipinski definition) is 2. The van der Waals surface area contributed by atoms with Crippen LogP contribution in [0.2, 0.25) is 0 Å². The molecule has 0 fully saturated rings. The molecule has 1 aliphatic heterocycles. The fourth-order valence-electron chi connectivity index (χ4n) is 1.79. The molecule has 1 aromatic heterocycles. The van der Waals surface area contributed by atoms with Gasteiger partial charge in [0.05, 0.1) is 5.75 Å². The number of aryl methyl sites for hydroxylation is 1. The summed E-state index contributed by atoms with van der Waals surface area (Å²) >= 11 is 1.60. The third kappa shape index (κ3) is 4.53. The average Bonchev–Trinajstić information content (AvgIpc) is 2.89. The normalized spacial score (nSPS) is 16.6. The van der Waals surface area contributed by atoms with E-state index in [-0.39, 0.29) is 5.75 Å². The summed E-state index contributed by atoms with van der Waals surface area (Å²) in [5, 5.41) is 5.17. The number of rotatable bonds is 6. The molecule has 0 atom stereocenters. The minimum Gasteiger partial charge on any atom is -0.313 e. The van der Waals surface area contributed by atoms with Gasteiger partial charge in [-0.05, 0) is 30.8 Å². The molecule has 1 aromatic rings. The summed E-state index contributed by atoms with van der Waals surface area (Å²) < 4.78 is 26.3. The van der Waals surface area contributed by atoms with Crippen LogP contribution in [-0.2, 0) is 16.4 Å². The second-order valence-electron chi connectivity index (χ2n) is 4.29. The van der Waals surface area contributed by atoms with Gasteiger partial charge < -0.3 is 5.32 Å². The van der Waals surface area contributed by atoms with Crippen LogP contribution >= 0.6 is 11.3 Å². The highest BCUT2D eigenvalue weighted by Gasteiger charge is 2.12. The highest BCUT2D eigenvalue weighted by atomic mass is 32.2. The summed E-state index contributed by atoms with van der Waals surface area (Å²) in [5.41, 5.74) is 1.17. The molecule has 0 amide bonds. The molecule has 2 heterocycles.